The molecule has 0 atom stereocenters. The predicted molar refractivity (Wildman–Crippen MR) is 116 cm³/mol. The van der Waals surface area contributed by atoms with Crippen LogP contribution in [0.25, 0.3) is 0 Å². The van der Waals surface area contributed by atoms with Gasteiger partial charge in [-0.25, -0.2) is 8.42 Å². The van der Waals surface area contributed by atoms with Crippen LogP contribution >= 0.6 is 11.3 Å². The van der Waals surface area contributed by atoms with E-state index >= 15 is 0 Å². The van der Waals surface area contributed by atoms with Gasteiger partial charge >= 0.3 is 0 Å². The van der Waals surface area contributed by atoms with E-state index in [1.807, 2.05) is 6.92 Å². The monoisotopic (exact) mass is 436 g/mol. The van der Waals surface area contributed by atoms with Gasteiger partial charge in [-0.1, -0.05) is 6.92 Å². The maximum Gasteiger partial charge on any atom is 0.265 e. The van der Waals surface area contributed by atoms with E-state index in [0.717, 1.165) is 37.0 Å². The van der Waals surface area contributed by atoms with Crippen molar-refractivity contribution in [2.45, 2.75) is 50.5 Å². The molecule has 0 saturated heterocycles. The number of nitrogens with zero attached hydrogens (tertiary/aromatic N) is 1. The highest BCUT2D eigenvalue weighted by Crippen LogP contribution is 2.30. The van der Waals surface area contributed by atoms with E-state index in [1.54, 1.807) is 29.6 Å². The molecule has 1 heterocycles. The number of benzene rings is 1. The van der Waals surface area contributed by atoms with Crippen LogP contribution in [0.4, 0.5) is 5.69 Å². The summed E-state index contributed by atoms with van der Waals surface area (Å²) < 4.78 is 33.0. The van der Waals surface area contributed by atoms with E-state index < -0.39 is 10.0 Å². The Labute approximate surface area is 176 Å². The van der Waals surface area contributed by atoms with E-state index in [9.17, 15) is 13.2 Å². The number of thiophene rings is 1. The zero-order valence-electron chi connectivity index (χ0n) is 17.1. The van der Waals surface area contributed by atoms with E-state index in [2.05, 4.69) is 12.2 Å². The highest BCUT2D eigenvalue weighted by Gasteiger charge is 2.29. The van der Waals surface area contributed by atoms with Crippen molar-refractivity contribution in [3.05, 3.63) is 40.6 Å². The molecule has 1 N–H and O–H groups in total. The van der Waals surface area contributed by atoms with Gasteiger partial charge in [-0.15, -0.1) is 11.3 Å². The molecule has 0 unspecified atom stereocenters. The zero-order chi connectivity index (χ0) is 21.0. The lowest BCUT2D eigenvalue weighted by molar-refractivity contribution is 0.0924. The summed E-state index contributed by atoms with van der Waals surface area (Å²) in [4.78, 5) is 13.1. The highest BCUT2D eigenvalue weighted by molar-refractivity contribution is 7.93. The predicted octanol–water partition coefficient (Wildman–Crippen LogP) is 4.28. The van der Waals surface area contributed by atoms with Crippen LogP contribution in [0.2, 0.25) is 0 Å². The maximum atomic E-state index is 13.2. The lowest BCUT2D eigenvalue weighted by Crippen LogP contribution is -2.38. The van der Waals surface area contributed by atoms with Gasteiger partial charge in [0.25, 0.3) is 15.9 Å². The van der Waals surface area contributed by atoms with Crippen molar-refractivity contribution in [3.8, 4) is 5.75 Å². The van der Waals surface area contributed by atoms with E-state index in [4.69, 9.17) is 4.74 Å². The van der Waals surface area contributed by atoms with Gasteiger partial charge in [0.05, 0.1) is 12.3 Å². The first-order valence-electron chi connectivity index (χ1n) is 9.93. The van der Waals surface area contributed by atoms with E-state index in [-0.39, 0.29) is 21.7 Å². The third-order valence-electron chi connectivity index (χ3n) is 5.34. The molecule has 3 rings (SSSR count). The SMILES string of the molecule is CCOc1ccc(N(C)S(=O)(=O)c2ccsc2C(=O)NC2CCC(C)CC2)cc1. The first-order chi connectivity index (χ1) is 13.8. The van der Waals surface area contributed by atoms with Gasteiger partial charge < -0.3 is 10.1 Å². The Morgan fingerprint density at radius 2 is 1.83 bits per heavy atom. The van der Waals surface area contributed by atoms with Gasteiger partial charge in [0, 0.05) is 13.1 Å². The molecule has 1 fully saturated rings. The minimum Gasteiger partial charge on any atom is -0.494 e. The summed E-state index contributed by atoms with van der Waals surface area (Å²) in [5.41, 5.74) is 0.507. The van der Waals surface area contributed by atoms with Crippen LogP contribution in [0.15, 0.2) is 40.6 Å². The molecule has 158 valence electrons. The van der Waals surface area contributed by atoms with Gasteiger partial charge in [-0.2, -0.15) is 0 Å². The average molecular weight is 437 g/mol. The van der Waals surface area contributed by atoms with Crippen molar-refractivity contribution >= 4 is 33.0 Å². The van der Waals surface area contributed by atoms with Crippen LogP contribution in [-0.4, -0.2) is 34.0 Å². The normalized spacial score (nSPS) is 19.6. The van der Waals surface area contributed by atoms with Crippen molar-refractivity contribution in [2.75, 3.05) is 18.0 Å². The van der Waals surface area contributed by atoms with Gasteiger partial charge in [-0.05, 0) is 74.2 Å². The quantitative estimate of drug-likeness (QED) is 0.703. The molecule has 1 aromatic heterocycles. The number of rotatable bonds is 7. The summed E-state index contributed by atoms with van der Waals surface area (Å²) in [6.45, 7) is 4.65. The van der Waals surface area contributed by atoms with Crippen LogP contribution in [0, 0.1) is 5.92 Å². The summed E-state index contributed by atoms with van der Waals surface area (Å²) in [6.07, 6.45) is 4.04. The number of hydrogen-bond donors (Lipinski definition) is 1. The molecule has 6 nitrogen and oxygen atoms in total. The molecule has 1 amide bonds. The maximum absolute atomic E-state index is 13.2. The molecule has 2 aromatic rings. The lowest BCUT2D eigenvalue weighted by atomic mass is 9.87. The fraction of sp³-hybridized carbons (Fsp3) is 0.476. The topological polar surface area (TPSA) is 75.7 Å². The number of carbonyl (C=O) groups is 1. The van der Waals surface area contributed by atoms with Crippen LogP contribution in [0.5, 0.6) is 5.75 Å². The highest BCUT2D eigenvalue weighted by atomic mass is 32.2. The third-order valence-corrected chi connectivity index (χ3v) is 8.21. The third kappa shape index (κ3) is 4.93. The second-order valence-corrected chi connectivity index (χ2v) is 10.3. The van der Waals surface area contributed by atoms with Crippen LogP contribution in [0.3, 0.4) is 0 Å². The Morgan fingerprint density at radius 3 is 2.45 bits per heavy atom. The molecule has 0 aliphatic heterocycles. The first kappa shape index (κ1) is 21.6. The Morgan fingerprint density at radius 1 is 1.17 bits per heavy atom. The molecule has 0 radical (unpaired) electrons. The molecule has 1 aliphatic carbocycles. The summed E-state index contributed by atoms with van der Waals surface area (Å²) in [5.74, 6) is 1.06. The molecule has 0 spiro atoms. The molecule has 1 saturated carbocycles. The molecule has 0 bridgehead atoms. The summed E-state index contributed by atoms with van der Waals surface area (Å²) in [7, 11) is -2.36. The number of ether oxygens (including phenoxy) is 1. The number of amides is 1. The van der Waals surface area contributed by atoms with E-state index in [1.165, 1.54) is 17.4 Å². The molecule has 1 aliphatic rings. The second kappa shape index (κ2) is 9.17. The van der Waals surface area contributed by atoms with Crippen LogP contribution in [-0.2, 0) is 10.0 Å². The smallest absolute Gasteiger partial charge is 0.265 e. The van der Waals surface area contributed by atoms with Crippen molar-refractivity contribution < 1.29 is 17.9 Å². The van der Waals surface area contributed by atoms with Gasteiger partial charge in [0.2, 0.25) is 0 Å². The molecular formula is C21H28N2O4S2. The number of anilines is 1. The summed E-state index contributed by atoms with van der Waals surface area (Å²) in [5, 5.41) is 4.68. The summed E-state index contributed by atoms with van der Waals surface area (Å²) in [6, 6.07) is 8.46. The standard InChI is InChI=1S/C21H28N2O4S2/c1-4-27-18-11-9-17(10-12-18)23(3)29(25,26)19-13-14-28-20(19)21(24)22-16-7-5-15(2)6-8-16/h9-16H,4-8H2,1-3H3,(H,22,24). The Balaban J connectivity index is 1.77. The molecular weight excluding hydrogens is 408 g/mol. The van der Waals surface area contributed by atoms with Crippen molar-refractivity contribution in [2.24, 2.45) is 5.92 Å². The Bertz CT molecular complexity index is 930. The molecule has 8 heteroatoms. The minimum atomic E-state index is -3.86. The van der Waals surface area contributed by atoms with Gasteiger partial charge in [-0.3, -0.25) is 9.10 Å². The lowest BCUT2D eigenvalue weighted by Gasteiger charge is -2.27. The van der Waals surface area contributed by atoms with Crippen LogP contribution in [0.1, 0.15) is 49.2 Å². The number of sulfonamides is 1. The molecule has 29 heavy (non-hydrogen) atoms. The van der Waals surface area contributed by atoms with Crippen molar-refractivity contribution in [1.82, 2.24) is 5.32 Å². The van der Waals surface area contributed by atoms with Gasteiger partial charge in [0.1, 0.15) is 15.5 Å². The van der Waals surface area contributed by atoms with Crippen LogP contribution < -0.4 is 14.4 Å². The fourth-order valence-corrected chi connectivity index (χ4v) is 6.02. The minimum absolute atomic E-state index is 0.0422. The van der Waals surface area contributed by atoms with E-state index in [0.29, 0.717) is 24.0 Å². The Kier molecular flexibility index (Phi) is 6.85. The first-order valence-corrected chi connectivity index (χ1v) is 12.2. The largest absolute Gasteiger partial charge is 0.494 e. The fourth-order valence-electron chi connectivity index (χ4n) is 3.53. The average Bonchev–Trinajstić information content (AvgIpc) is 3.21. The number of hydrogen-bond acceptors (Lipinski definition) is 5. The molecule has 1 aromatic carbocycles. The van der Waals surface area contributed by atoms with Crippen molar-refractivity contribution in [1.29, 1.82) is 0 Å². The number of carbonyl (C=O) groups excluding carboxylic acids is 1. The zero-order valence-corrected chi connectivity index (χ0v) is 18.7. The van der Waals surface area contributed by atoms with Gasteiger partial charge in [0.15, 0.2) is 0 Å². The summed E-state index contributed by atoms with van der Waals surface area (Å²) >= 11 is 1.16. The second-order valence-electron chi connectivity index (χ2n) is 7.44. The number of nitrogens with one attached hydrogen (secondary N) is 1. The Hall–Kier alpha value is -2.06. The van der Waals surface area contributed by atoms with Crippen molar-refractivity contribution in [3.63, 3.8) is 0 Å².